The molecular weight excluding hydrogens is 274 g/mol. The molecule has 4 rings (SSSR count). The minimum atomic E-state index is -2.99. The molecule has 1 aliphatic carbocycles. The molecule has 2 aliphatic heterocycles. The van der Waals surface area contributed by atoms with Gasteiger partial charge >= 0.3 is 0 Å². The minimum Gasteiger partial charge on any atom is -0.369 e. The molecule has 6 heteroatoms. The van der Waals surface area contributed by atoms with E-state index in [1.807, 2.05) is 12.3 Å². The highest BCUT2D eigenvalue weighted by Crippen LogP contribution is 2.44. The van der Waals surface area contributed by atoms with Crippen LogP contribution < -0.4 is 4.90 Å². The van der Waals surface area contributed by atoms with E-state index in [0.29, 0.717) is 13.1 Å². The monoisotopic (exact) mass is 293 g/mol. The summed E-state index contributed by atoms with van der Waals surface area (Å²) in [6.07, 6.45) is 6.36. The van der Waals surface area contributed by atoms with Crippen molar-refractivity contribution in [3.63, 3.8) is 0 Å². The van der Waals surface area contributed by atoms with Crippen molar-refractivity contribution in [1.82, 2.24) is 9.29 Å². The molecule has 3 fully saturated rings. The maximum absolute atomic E-state index is 12.3. The lowest BCUT2D eigenvalue weighted by Gasteiger charge is -2.49. The minimum absolute atomic E-state index is 0.0767. The average Bonchev–Trinajstić information content (AvgIpc) is 3.17. The Morgan fingerprint density at radius 2 is 2.05 bits per heavy atom. The fourth-order valence-corrected chi connectivity index (χ4v) is 5.39. The number of hydrogen-bond acceptors (Lipinski definition) is 4. The number of rotatable bonds is 3. The van der Waals surface area contributed by atoms with Crippen LogP contribution in [0.3, 0.4) is 0 Å². The Bertz CT molecular complexity index is 607. The van der Waals surface area contributed by atoms with Crippen molar-refractivity contribution >= 4 is 15.7 Å². The molecule has 0 unspecified atom stereocenters. The first-order valence-electron chi connectivity index (χ1n) is 7.23. The van der Waals surface area contributed by atoms with E-state index in [-0.39, 0.29) is 10.7 Å². The molecule has 3 aliphatic rings. The van der Waals surface area contributed by atoms with Crippen LogP contribution in [0.15, 0.2) is 24.5 Å². The maximum Gasteiger partial charge on any atom is 0.217 e. The Kier molecular flexibility index (Phi) is 2.63. The summed E-state index contributed by atoms with van der Waals surface area (Å²) in [7, 11) is -2.99. The van der Waals surface area contributed by atoms with Crippen molar-refractivity contribution in [1.29, 1.82) is 0 Å². The summed E-state index contributed by atoms with van der Waals surface area (Å²) in [5, 5.41) is -0.0767. The maximum atomic E-state index is 12.3. The van der Waals surface area contributed by atoms with Crippen molar-refractivity contribution in [3.8, 4) is 0 Å². The molecule has 20 heavy (non-hydrogen) atoms. The molecular formula is C14H19N3O2S. The first kappa shape index (κ1) is 12.6. The molecule has 0 radical (unpaired) electrons. The van der Waals surface area contributed by atoms with Gasteiger partial charge in [-0.25, -0.2) is 12.7 Å². The van der Waals surface area contributed by atoms with E-state index in [4.69, 9.17) is 0 Å². The summed E-state index contributed by atoms with van der Waals surface area (Å²) in [5.74, 6) is 0. The second-order valence-corrected chi connectivity index (χ2v) is 8.61. The van der Waals surface area contributed by atoms with E-state index in [9.17, 15) is 8.42 Å². The van der Waals surface area contributed by atoms with Crippen molar-refractivity contribution < 1.29 is 8.42 Å². The SMILES string of the molecule is O=S(=O)(C1CC1)N1CCC2(CN(c3cccnc3)C2)C1. The van der Waals surface area contributed by atoms with Gasteiger partial charge in [-0.2, -0.15) is 0 Å². The molecule has 1 saturated carbocycles. The van der Waals surface area contributed by atoms with Gasteiger partial charge in [0.05, 0.1) is 17.1 Å². The fourth-order valence-electron chi connectivity index (χ4n) is 3.43. The van der Waals surface area contributed by atoms with Gasteiger partial charge in [0.2, 0.25) is 10.0 Å². The summed E-state index contributed by atoms with van der Waals surface area (Å²) in [6.45, 7) is 3.33. The van der Waals surface area contributed by atoms with Crippen LogP contribution in [0.2, 0.25) is 0 Å². The van der Waals surface area contributed by atoms with Gasteiger partial charge in [-0.05, 0) is 31.4 Å². The predicted molar refractivity (Wildman–Crippen MR) is 77.0 cm³/mol. The number of sulfonamides is 1. The van der Waals surface area contributed by atoms with Gasteiger partial charge in [0.25, 0.3) is 0 Å². The lowest BCUT2D eigenvalue weighted by atomic mass is 9.79. The van der Waals surface area contributed by atoms with Gasteiger partial charge in [-0.3, -0.25) is 4.98 Å². The number of anilines is 1. The van der Waals surface area contributed by atoms with Gasteiger partial charge in [-0.15, -0.1) is 0 Å². The lowest BCUT2D eigenvalue weighted by molar-refractivity contribution is 0.230. The lowest BCUT2D eigenvalue weighted by Crippen LogP contribution is -2.58. The second-order valence-electron chi connectivity index (χ2n) is 6.40. The van der Waals surface area contributed by atoms with Crippen LogP contribution >= 0.6 is 0 Å². The molecule has 108 valence electrons. The standard InChI is InChI=1S/C14H19N3O2S/c18-20(19,13-3-4-13)17-7-5-14(11-17)9-16(10-14)12-2-1-6-15-8-12/h1-2,6,8,13H,3-5,7,9-11H2. The van der Waals surface area contributed by atoms with Crippen LogP contribution in [-0.2, 0) is 10.0 Å². The Morgan fingerprint density at radius 3 is 2.70 bits per heavy atom. The van der Waals surface area contributed by atoms with E-state index in [1.165, 1.54) is 0 Å². The number of pyridine rings is 1. The normalized spacial score (nSPS) is 25.9. The first-order valence-corrected chi connectivity index (χ1v) is 8.73. The van der Waals surface area contributed by atoms with E-state index in [0.717, 1.165) is 38.0 Å². The molecule has 0 aromatic carbocycles. The zero-order chi connectivity index (χ0) is 13.8. The molecule has 1 spiro atoms. The van der Waals surface area contributed by atoms with Gasteiger partial charge in [0.1, 0.15) is 0 Å². The van der Waals surface area contributed by atoms with Crippen LogP contribution in [0.4, 0.5) is 5.69 Å². The summed E-state index contributed by atoms with van der Waals surface area (Å²) in [5.41, 5.74) is 1.32. The van der Waals surface area contributed by atoms with E-state index in [2.05, 4.69) is 16.0 Å². The number of hydrogen-bond donors (Lipinski definition) is 0. The summed E-state index contributed by atoms with van der Waals surface area (Å²) in [6, 6.07) is 4.01. The Hall–Kier alpha value is -1.14. The largest absolute Gasteiger partial charge is 0.369 e. The molecule has 5 nitrogen and oxygen atoms in total. The smallest absolute Gasteiger partial charge is 0.217 e. The summed E-state index contributed by atoms with van der Waals surface area (Å²) < 4.78 is 26.3. The van der Waals surface area contributed by atoms with E-state index < -0.39 is 10.0 Å². The molecule has 3 heterocycles. The van der Waals surface area contributed by atoms with Crippen molar-refractivity contribution in [2.24, 2.45) is 5.41 Å². The Morgan fingerprint density at radius 1 is 1.25 bits per heavy atom. The predicted octanol–water partition coefficient (Wildman–Crippen LogP) is 1.09. The molecule has 0 atom stereocenters. The summed E-state index contributed by atoms with van der Waals surface area (Å²) >= 11 is 0. The van der Waals surface area contributed by atoms with Crippen LogP contribution in [0.5, 0.6) is 0 Å². The average molecular weight is 293 g/mol. The van der Waals surface area contributed by atoms with Gasteiger partial charge < -0.3 is 4.90 Å². The first-order chi connectivity index (χ1) is 9.59. The van der Waals surface area contributed by atoms with Crippen LogP contribution in [0, 0.1) is 5.41 Å². The molecule has 0 N–H and O–H groups in total. The molecule has 1 aromatic rings. The molecule has 0 amide bonds. The van der Waals surface area contributed by atoms with Gasteiger partial charge in [0, 0.05) is 37.8 Å². The van der Waals surface area contributed by atoms with Crippen LogP contribution in [0.25, 0.3) is 0 Å². The highest BCUT2D eigenvalue weighted by Gasteiger charge is 2.52. The molecule has 2 saturated heterocycles. The molecule has 0 bridgehead atoms. The zero-order valence-electron chi connectivity index (χ0n) is 11.4. The fraction of sp³-hybridized carbons (Fsp3) is 0.643. The molecule has 1 aromatic heterocycles. The Balaban J connectivity index is 1.43. The third-order valence-electron chi connectivity index (χ3n) is 4.77. The second kappa shape index (κ2) is 4.18. The topological polar surface area (TPSA) is 53.5 Å². The number of aromatic nitrogens is 1. The van der Waals surface area contributed by atoms with Crippen molar-refractivity contribution in [2.45, 2.75) is 24.5 Å². The Labute approximate surface area is 119 Å². The van der Waals surface area contributed by atoms with Crippen molar-refractivity contribution in [2.75, 3.05) is 31.1 Å². The highest BCUT2D eigenvalue weighted by molar-refractivity contribution is 7.90. The third kappa shape index (κ3) is 1.93. The van der Waals surface area contributed by atoms with Crippen molar-refractivity contribution in [3.05, 3.63) is 24.5 Å². The van der Waals surface area contributed by atoms with Crippen LogP contribution in [-0.4, -0.2) is 49.1 Å². The van der Waals surface area contributed by atoms with Gasteiger partial charge in [0.15, 0.2) is 0 Å². The zero-order valence-corrected chi connectivity index (χ0v) is 12.2. The van der Waals surface area contributed by atoms with E-state index in [1.54, 1.807) is 10.5 Å². The van der Waals surface area contributed by atoms with E-state index >= 15 is 0 Å². The number of nitrogens with zero attached hydrogens (tertiary/aromatic N) is 3. The third-order valence-corrected chi connectivity index (χ3v) is 7.12. The quantitative estimate of drug-likeness (QED) is 0.837. The highest BCUT2D eigenvalue weighted by atomic mass is 32.2. The van der Waals surface area contributed by atoms with Gasteiger partial charge in [-0.1, -0.05) is 0 Å². The summed E-state index contributed by atoms with van der Waals surface area (Å²) in [4.78, 5) is 6.43. The van der Waals surface area contributed by atoms with Crippen LogP contribution in [0.1, 0.15) is 19.3 Å².